The Morgan fingerprint density at radius 3 is 3.06 bits per heavy atom. The van der Waals surface area contributed by atoms with Crippen molar-refractivity contribution >= 4 is 28.3 Å². The molecule has 0 radical (unpaired) electrons. The molecule has 1 aromatic heterocycles. The molecule has 0 saturated carbocycles. The molecule has 2 aromatic rings. The van der Waals surface area contributed by atoms with Crippen LogP contribution in [0.4, 0.5) is 5.82 Å². The molecule has 0 spiro atoms. The Hall–Kier alpha value is -1.39. The molecule has 0 aliphatic rings. The van der Waals surface area contributed by atoms with Crippen LogP contribution in [0.2, 0.25) is 5.02 Å². The predicted octanol–water partition coefficient (Wildman–Crippen LogP) is 2.73. The summed E-state index contributed by atoms with van der Waals surface area (Å²) in [7, 11) is 0. The van der Waals surface area contributed by atoms with Gasteiger partial charge < -0.3 is 10.1 Å². The molecule has 0 amide bonds. The Labute approximate surface area is 105 Å². The summed E-state index contributed by atoms with van der Waals surface area (Å²) >= 11 is 5.97. The molecular formula is C12H14ClN3O. The van der Waals surface area contributed by atoms with Crippen molar-refractivity contribution in [3.05, 3.63) is 29.5 Å². The third-order valence-electron chi connectivity index (χ3n) is 2.34. The molecule has 0 aliphatic carbocycles. The number of fused-ring (bicyclic) bond motifs is 1. The van der Waals surface area contributed by atoms with E-state index in [9.17, 15) is 0 Å². The molecule has 1 aromatic carbocycles. The van der Waals surface area contributed by atoms with Crippen LogP contribution in [0.5, 0.6) is 0 Å². The Kier molecular flexibility index (Phi) is 4.12. The Bertz CT molecular complexity index is 504. The number of halogens is 1. The molecule has 0 aliphatic heterocycles. The Balaban J connectivity index is 2.18. The molecule has 4 nitrogen and oxygen atoms in total. The van der Waals surface area contributed by atoms with Crippen LogP contribution in [-0.4, -0.2) is 29.7 Å². The number of anilines is 1. The second kappa shape index (κ2) is 5.80. The van der Waals surface area contributed by atoms with Crippen LogP contribution < -0.4 is 5.32 Å². The smallest absolute Gasteiger partial charge is 0.137 e. The highest BCUT2D eigenvalue weighted by molar-refractivity contribution is 6.31. The van der Waals surface area contributed by atoms with Crippen molar-refractivity contribution in [2.45, 2.75) is 6.92 Å². The molecule has 0 unspecified atom stereocenters. The van der Waals surface area contributed by atoms with Crippen LogP contribution in [-0.2, 0) is 4.74 Å². The molecule has 5 heteroatoms. The van der Waals surface area contributed by atoms with E-state index in [4.69, 9.17) is 16.3 Å². The van der Waals surface area contributed by atoms with Crippen molar-refractivity contribution in [2.24, 2.45) is 0 Å². The third kappa shape index (κ3) is 3.05. The normalized spacial score (nSPS) is 10.7. The van der Waals surface area contributed by atoms with Crippen LogP contribution in [0.1, 0.15) is 6.92 Å². The van der Waals surface area contributed by atoms with Crippen molar-refractivity contribution in [1.82, 2.24) is 9.97 Å². The van der Waals surface area contributed by atoms with Gasteiger partial charge in [-0.2, -0.15) is 0 Å². The molecule has 2 rings (SSSR count). The van der Waals surface area contributed by atoms with Gasteiger partial charge in [-0.05, 0) is 25.1 Å². The van der Waals surface area contributed by atoms with Gasteiger partial charge in [0.25, 0.3) is 0 Å². The fraction of sp³-hybridized carbons (Fsp3) is 0.333. The second-order valence-corrected chi connectivity index (χ2v) is 3.94. The van der Waals surface area contributed by atoms with E-state index in [2.05, 4.69) is 15.3 Å². The molecule has 0 saturated heterocycles. The van der Waals surface area contributed by atoms with Gasteiger partial charge in [0.1, 0.15) is 12.1 Å². The van der Waals surface area contributed by atoms with Crippen LogP contribution in [0.25, 0.3) is 10.9 Å². The number of ether oxygens (including phenoxy) is 1. The number of benzene rings is 1. The quantitative estimate of drug-likeness (QED) is 0.830. The van der Waals surface area contributed by atoms with Crippen LogP contribution in [0, 0.1) is 0 Å². The van der Waals surface area contributed by atoms with Crippen LogP contribution >= 0.6 is 11.6 Å². The van der Waals surface area contributed by atoms with E-state index in [-0.39, 0.29) is 0 Å². The topological polar surface area (TPSA) is 47.0 Å². The average Bonchev–Trinajstić information content (AvgIpc) is 2.35. The molecule has 0 atom stereocenters. The number of aromatic nitrogens is 2. The molecule has 1 N–H and O–H groups in total. The maximum atomic E-state index is 5.97. The fourth-order valence-electron chi connectivity index (χ4n) is 1.56. The number of hydrogen-bond acceptors (Lipinski definition) is 4. The first kappa shape index (κ1) is 12.1. The van der Waals surface area contributed by atoms with E-state index in [1.165, 1.54) is 0 Å². The number of hydrogen-bond donors (Lipinski definition) is 1. The standard InChI is InChI=1S/C12H14ClN3O/c1-2-17-6-5-14-12-10-7-9(13)3-4-11(10)15-8-16-12/h3-4,7-8H,2,5-6H2,1H3,(H,14,15,16). The maximum absolute atomic E-state index is 5.97. The SMILES string of the molecule is CCOCCNc1ncnc2ccc(Cl)cc12. The van der Waals surface area contributed by atoms with Crippen molar-refractivity contribution in [1.29, 1.82) is 0 Å². The minimum atomic E-state index is 0.655. The van der Waals surface area contributed by atoms with E-state index in [0.717, 1.165) is 23.3 Å². The minimum absolute atomic E-state index is 0.655. The maximum Gasteiger partial charge on any atom is 0.137 e. The lowest BCUT2D eigenvalue weighted by molar-refractivity contribution is 0.158. The highest BCUT2D eigenvalue weighted by Gasteiger charge is 2.03. The van der Waals surface area contributed by atoms with Crippen molar-refractivity contribution in [3.8, 4) is 0 Å². The molecule has 0 fully saturated rings. The van der Waals surface area contributed by atoms with Gasteiger partial charge >= 0.3 is 0 Å². The summed E-state index contributed by atoms with van der Waals surface area (Å²) in [5, 5.41) is 4.82. The molecule has 17 heavy (non-hydrogen) atoms. The van der Waals surface area contributed by atoms with E-state index < -0.39 is 0 Å². The minimum Gasteiger partial charge on any atom is -0.380 e. The zero-order valence-electron chi connectivity index (χ0n) is 9.61. The summed E-state index contributed by atoms with van der Waals surface area (Å²) in [4.78, 5) is 8.40. The first-order valence-corrected chi connectivity index (χ1v) is 5.91. The summed E-state index contributed by atoms with van der Waals surface area (Å²) in [5.74, 6) is 0.789. The molecular weight excluding hydrogens is 238 g/mol. The lowest BCUT2D eigenvalue weighted by Crippen LogP contribution is -2.10. The molecule has 90 valence electrons. The van der Waals surface area contributed by atoms with Gasteiger partial charge in [0, 0.05) is 23.6 Å². The molecule has 1 heterocycles. The van der Waals surface area contributed by atoms with E-state index in [0.29, 0.717) is 18.2 Å². The van der Waals surface area contributed by atoms with Gasteiger partial charge in [0.15, 0.2) is 0 Å². The lowest BCUT2D eigenvalue weighted by Gasteiger charge is -2.08. The van der Waals surface area contributed by atoms with Crippen LogP contribution in [0.15, 0.2) is 24.5 Å². The third-order valence-corrected chi connectivity index (χ3v) is 2.58. The van der Waals surface area contributed by atoms with E-state index >= 15 is 0 Å². The zero-order valence-corrected chi connectivity index (χ0v) is 10.4. The van der Waals surface area contributed by atoms with Crippen molar-refractivity contribution in [3.63, 3.8) is 0 Å². The van der Waals surface area contributed by atoms with E-state index in [1.54, 1.807) is 6.33 Å². The Morgan fingerprint density at radius 1 is 1.35 bits per heavy atom. The predicted molar refractivity (Wildman–Crippen MR) is 69.5 cm³/mol. The fourth-order valence-corrected chi connectivity index (χ4v) is 1.73. The summed E-state index contributed by atoms with van der Waals surface area (Å²) in [6.07, 6.45) is 1.54. The highest BCUT2D eigenvalue weighted by Crippen LogP contribution is 2.22. The molecule has 0 bridgehead atoms. The van der Waals surface area contributed by atoms with Gasteiger partial charge in [-0.25, -0.2) is 9.97 Å². The first-order chi connectivity index (χ1) is 8.31. The monoisotopic (exact) mass is 251 g/mol. The summed E-state index contributed by atoms with van der Waals surface area (Å²) < 4.78 is 5.26. The van der Waals surface area contributed by atoms with Crippen molar-refractivity contribution in [2.75, 3.05) is 25.1 Å². The highest BCUT2D eigenvalue weighted by atomic mass is 35.5. The summed E-state index contributed by atoms with van der Waals surface area (Å²) in [6, 6.07) is 5.56. The van der Waals surface area contributed by atoms with Gasteiger partial charge in [-0.15, -0.1) is 0 Å². The van der Waals surface area contributed by atoms with Gasteiger partial charge in [0.2, 0.25) is 0 Å². The average molecular weight is 252 g/mol. The number of rotatable bonds is 5. The van der Waals surface area contributed by atoms with Crippen LogP contribution in [0.3, 0.4) is 0 Å². The van der Waals surface area contributed by atoms with Crippen molar-refractivity contribution < 1.29 is 4.74 Å². The zero-order chi connectivity index (χ0) is 12.1. The largest absolute Gasteiger partial charge is 0.380 e. The number of nitrogens with one attached hydrogen (secondary N) is 1. The van der Waals surface area contributed by atoms with E-state index in [1.807, 2.05) is 25.1 Å². The first-order valence-electron chi connectivity index (χ1n) is 5.53. The Morgan fingerprint density at radius 2 is 2.24 bits per heavy atom. The van der Waals surface area contributed by atoms with Gasteiger partial charge in [0.05, 0.1) is 12.1 Å². The summed E-state index contributed by atoms with van der Waals surface area (Å²) in [6.45, 7) is 4.06. The number of nitrogens with zero attached hydrogens (tertiary/aromatic N) is 2. The lowest BCUT2D eigenvalue weighted by atomic mass is 10.2. The van der Waals surface area contributed by atoms with Gasteiger partial charge in [-0.3, -0.25) is 0 Å². The summed E-state index contributed by atoms with van der Waals surface area (Å²) in [5.41, 5.74) is 0.878. The van der Waals surface area contributed by atoms with Gasteiger partial charge in [-0.1, -0.05) is 11.6 Å². The second-order valence-electron chi connectivity index (χ2n) is 3.51.